The first-order valence-electron chi connectivity index (χ1n) is 8.73. The zero-order valence-electron chi connectivity index (χ0n) is 13.6. The fourth-order valence-electron chi connectivity index (χ4n) is 4.11. The summed E-state index contributed by atoms with van der Waals surface area (Å²) < 4.78 is 2.22. The van der Waals surface area contributed by atoms with Gasteiger partial charge in [0.05, 0.1) is 11.7 Å². The Hall–Kier alpha value is -0.870. The van der Waals surface area contributed by atoms with Crippen molar-refractivity contribution in [1.29, 1.82) is 0 Å². The minimum atomic E-state index is 0.664. The summed E-state index contributed by atoms with van der Waals surface area (Å²) in [5.41, 5.74) is 1.25. The predicted molar refractivity (Wildman–Crippen MR) is 86.3 cm³/mol. The minimum Gasteiger partial charge on any atom is -0.317 e. The molecule has 118 valence electrons. The van der Waals surface area contributed by atoms with Crippen LogP contribution in [0.5, 0.6) is 0 Å². The molecular formula is C17H30N4. The van der Waals surface area contributed by atoms with E-state index in [-0.39, 0.29) is 0 Å². The van der Waals surface area contributed by atoms with Gasteiger partial charge in [-0.15, -0.1) is 0 Å². The largest absolute Gasteiger partial charge is 0.317 e. The summed E-state index contributed by atoms with van der Waals surface area (Å²) >= 11 is 0. The van der Waals surface area contributed by atoms with Crippen molar-refractivity contribution in [2.75, 3.05) is 20.1 Å². The van der Waals surface area contributed by atoms with Gasteiger partial charge in [0.15, 0.2) is 0 Å². The molecule has 0 bridgehead atoms. The van der Waals surface area contributed by atoms with Crippen LogP contribution in [0.25, 0.3) is 0 Å². The lowest BCUT2D eigenvalue weighted by molar-refractivity contribution is 0.131. The molecule has 3 rings (SSSR count). The van der Waals surface area contributed by atoms with Gasteiger partial charge in [-0.05, 0) is 38.3 Å². The third-order valence-electron chi connectivity index (χ3n) is 5.46. The molecule has 2 heterocycles. The van der Waals surface area contributed by atoms with Gasteiger partial charge in [0.25, 0.3) is 0 Å². The Morgan fingerprint density at radius 3 is 2.81 bits per heavy atom. The van der Waals surface area contributed by atoms with Crippen LogP contribution >= 0.6 is 0 Å². The number of aromatic nitrogens is 2. The van der Waals surface area contributed by atoms with Gasteiger partial charge in [-0.25, -0.2) is 0 Å². The minimum absolute atomic E-state index is 0.664. The smallest absolute Gasteiger partial charge is 0.0764 e. The van der Waals surface area contributed by atoms with Gasteiger partial charge in [0.1, 0.15) is 0 Å². The van der Waals surface area contributed by atoms with E-state index in [1.165, 1.54) is 57.3 Å². The van der Waals surface area contributed by atoms with Crippen LogP contribution in [0, 0.1) is 5.92 Å². The molecule has 2 unspecified atom stereocenters. The number of hydrogen-bond donors (Lipinski definition) is 1. The number of nitrogens with one attached hydrogen (secondary N) is 1. The van der Waals surface area contributed by atoms with Crippen molar-refractivity contribution in [2.45, 2.75) is 64.1 Å². The maximum Gasteiger partial charge on any atom is 0.0764 e. The second-order valence-electron chi connectivity index (χ2n) is 6.81. The normalized spacial score (nSPS) is 28.3. The topological polar surface area (TPSA) is 33.1 Å². The van der Waals surface area contributed by atoms with Gasteiger partial charge in [-0.1, -0.05) is 26.2 Å². The monoisotopic (exact) mass is 290 g/mol. The number of hydrogen-bond acceptors (Lipinski definition) is 3. The van der Waals surface area contributed by atoms with E-state index in [1.54, 1.807) is 0 Å². The number of likely N-dealkylation sites (tertiary alicyclic amines) is 1. The molecule has 1 saturated carbocycles. The Bertz CT molecular complexity index is 436. The first-order chi connectivity index (χ1) is 10.3. The summed E-state index contributed by atoms with van der Waals surface area (Å²) in [5.74, 6) is 0.778. The fourth-order valence-corrected chi connectivity index (χ4v) is 4.11. The third-order valence-corrected chi connectivity index (χ3v) is 5.46. The van der Waals surface area contributed by atoms with Gasteiger partial charge < -0.3 is 5.32 Å². The molecule has 0 amide bonds. The summed E-state index contributed by atoms with van der Waals surface area (Å²) in [5, 5.41) is 8.32. The molecule has 0 spiro atoms. The highest BCUT2D eigenvalue weighted by atomic mass is 15.3. The predicted octanol–water partition coefficient (Wildman–Crippen LogP) is 2.82. The summed E-state index contributed by atoms with van der Waals surface area (Å²) in [7, 11) is 2.10. The van der Waals surface area contributed by atoms with E-state index in [0.29, 0.717) is 12.1 Å². The number of rotatable bonds is 5. The van der Waals surface area contributed by atoms with Crippen LogP contribution in [0.2, 0.25) is 0 Å². The van der Waals surface area contributed by atoms with E-state index in [4.69, 9.17) is 5.10 Å². The third kappa shape index (κ3) is 3.49. The standard InChI is InChI=1S/C17H30N4/c1-3-14-12-20(10-9-17(14)18-2)13-15-8-11-21(19-15)16-6-4-5-7-16/h8,11,14,16-18H,3-7,9-10,12-13H2,1-2H3. The number of nitrogens with zero attached hydrogens (tertiary/aromatic N) is 3. The maximum atomic E-state index is 4.84. The van der Waals surface area contributed by atoms with Gasteiger partial charge in [0, 0.05) is 31.9 Å². The molecule has 2 fully saturated rings. The average molecular weight is 290 g/mol. The van der Waals surface area contributed by atoms with Crippen LogP contribution in [-0.2, 0) is 6.54 Å². The lowest BCUT2D eigenvalue weighted by Crippen LogP contribution is -2.47. The maximum absolute atomic E-state index is 4.84. The molecule has 0 aromatic carbocycles. The molecule has 21 heavy (non-hydrogen) atoms. The van der Waals surface area contributed by atoms with E-state index in [9.17, 15) is 0 Å². The molecule has 4 nitrogen and oxygen atoms in total. The van der Waals surface area contributed by atoms with E-state index in [1.807, 2.05) is 0 Å². The molecule has 1 aliphatic heterocycles. The molecule has 1 aliphatic carbocycles. The van der Waals surface area contributed by atoms with E-state index in [2.05, 4.69) is 41.1 Å². The highest BCUT2D eigenvalue weighted by molar-refractivity contribution is 5.01. The van der Waals surface area contributed by atoms with Crippen LogP contribution in [0.3, 0.4) is 0 Å². The summed E-state index contributed by atoms with van der Waals surface area (Å²) in [6, 6.07) is 3.59. The highest BCUT2D eigenvalue weighted by Gasteiger charge is 2.27. The lowest BCUT2D eigenvalue weighted by atomic mass is 9.90. The quantitative estimate of drug-likeness (QED) is 0.905. The van der Waals surface area contributed by atoms with Gasteiger partial charge in [-0.3, -0.25) is 9.58 Å². The van der Waals surface area contributed by atoms with Crippen molar-refractivity contribution in [2.24, 2.45) is 5.92 Å². The highest BCUT2D eigenvalue weighted by Crippen LogP contribution is 2.29. The Kier molecular flexibility index (Phi) is 4.96. The van der Waals surface area contributed by atoms with Gasteiger partial charge >= 0.3 is 0 Å². The lowest BCUT2D eigenvalue weighted by Gasteiger charge is -2.37. The Morgan fingerprint density at radius 1 is 1.29 bits per heavy atom. The first kappa shape index (κ1) is 15.0. The summed E-state index contributed by atoms with van der Waals surface area (Å²) in [6.07, 6.45) is 10.1. The number of piperidine rings is 1. The molecule has 2 atom stereocenters. The zero-order valence-corrected chi connectivity index (χ0v) is 13.6. The summed E-state index contributed by atoms with van der Waals surface area (Å²) in [6.45, 7) is 5.73. The molecule has 1 saturated heterocycles. The van der Waals surface area contributed by atoms with Crippen LogP contribution in [0.1, 0.15) is 57.2 Å². The van der Waals surface area contributed by atoms with Gasteiger partial charge in [0.2, 0.25) is 0 Å². The van der Waals surface area contributed by atoms with Crippen molar-refractivity contribution in [1.82, 2.24) is 20.0 Å². The fraction of sp³-hybridized carbons (Fsp3) is 0.824. The molecule has 2 aliphatic rings. The van der Waals surface area contributed by atoms with Gasteiger partial charge in [-0.2, -0.15) is 5.10 Å². The van der Waals surface area contributed by atoms with Crippen LogP contribution in [0.15, 0.2) is 12.3 Å². The second-order valence-corrected chi connectivity index (χ2v) is 6.81. The van der Waals surface area contributed by atoms with Crippen LogP contribution in [0.4, 0.5) is 0 Å². The molecular weight excluding hydrogens is 260 g/mol. The van der Waals surface area contributed by atoms with E-state index >= 15 is 0 Å². The van der Waals surface area contributed by atoms with Crippen molar-refractivity contribution < 1.29 is 0 Å². The van der Waals surface area contributed by atoms with Crippen molar-refractivity contribution in [3.63, 3.8) is 0 Å². The molecule has 0 radical (unpaired) electrons. The Morgan fingerprint density at radius 2 is 2.10 bits per heavy atom. The molecule has 1 aromatic heterocycles. The zero-order chi connectivity index (χ0) is 14.7. The first-order valence-corrected chi connectivity index (χ1v) is 8.73. The van der Waals surface area contributed by atoms with Crippen molar-refractivity contribution in [3.8, 4) is 0 Å². The molecule has 4 heteroatoms. The summed E-state index contributed by atoms with van der Waals surface area (Å²) in [4.78, 5) is 2.59. The van der Waals surface area contributed by atoms with Crippen LogP contribution in [-0.4, -0.2) is 40.9 Å². The Balaban J connectivity index is 1.56. The van der Waals surface area contributed by atoms with E-state index < -0.39 is 0 Å². The van der Waals surface area contributed by atoms with Crippen molar-refractivity contribution in [3.05, 3.63) is 18.0 Å². The Labute approximate surface area is 128 Å². The second kappa shape index (κ2) is 6.93. The SMILES string of the molecule is CCC1CN(Cc2ccn(C3CCCC3)n2)CCC1NC. The molecule has 1 N–H and O–H groups in total. The van der Waals surface area contributed by atoms with E-state index in [0.717, 1.165) is 12.5 Å². The van der Waals surface area contributed by atoms with Crippen LogP contribution < -0.4 is 5.32 Å². The van der Waals surface area contributed by atoms with Crippen molar-refractivity contribution >= 4 is 0 Å². The molecule has 1 aromatic rings. The average Bonchev–Trinajstić information content (AvgIpc) is 3.17.